The fourth-order valence-electron chi connectivity index (χ4n) is 1.56. The zero-order valence-corrected chi connectivity index (χ0v) is 10.1. The van der Waals surface area contributed by atoms with Gasteiger partial charge in [-0.25, -0.2) is 0 Å². The quantitative estimate of drug-likeness (QED) is 0.747. The number of nitrogens with two attached hydrogens (primary N) is 1. The number of hydrogen-bond acceptors (Lipinski definition) is 2. The SMILES string of the molecule is C=CCc1ccccc1OC(CN)C(C)C. The van der Waals surface area contributed by atoms with Crippen LogP contribution in [0.15, 0.2) is 36.9 Å². The first-order valence-electron chi connectivity index (χ1n) is 5.74. The van der Waals surface area contributed by atoms with Gasteiger partial charge in [-0.2, -0.15) is 0 Å². The summed E-state index contributed by atoms with van der Waals surface area (Å²) in [5.41, 5.74) is 6.86. The molecule has 0 radical (unpaired) electrons. The monoisotopic (exact) mass is 219 g/mol. The largest absolute Gasteiger partial charge is 0.489 e. The molecule has 1 rings (SSSR count). The first-order chi connectivity index (χ1) is 7.69. The minimum Gasteiger partial charge on any atom is -0.489 e. The Kier molecular flexibility index (Phi) is 5.06. The maximum Gasteiger partial charge on any atom is 0.123 e. The van der Waals surface area contributed by atoms with Gasteiger partial charge in [0.1, 0.15) is 11.9 Å². The Labute approximate surface area is 98.1 Å². The molecule has 2 nitrogen and oxygen atoms in total. The summed E-state index contributed by atoms with van der Waals surface area (Å²) in [6, 6.07) is 8.04. The fourth-order valence-corrected chi connectivity index (χ4v) is 1.56. The Morgan fingerprint density at radius 1 is 1.38 bits per heavy atom. The van der Waals surface area contributed by atoms with Crippen LogP contribution in [0.25, 0.3) is 0 Å². The van der Waals surface area contributed by atoms with Gasteiger partial charge in [0.15, 0.2) is 0 Å². The van der Waals surface area contributed by atoms with Gasteiger partial charge in [-0.1, -0.05) is 38.1 Å². The standard InChI is InChI=1S/C14H21NO/c1-4-7-12-8-5-6-9-13(12)16-14(10-15)11(2)3/h4-6,8-9,11,14H,1,7,10,15H2,2-3H3. The second-order valence-electron chi connectivity index (χ2n) is 4.24. The highest BCUT2D eigenvalue weighted by Crippen LogP contribution is 2.21. The molecule has 0 bridgehead atoms. The molecule has 0 heterocycles. The van der Waals surface area contributed by atoms with Gasteiger partial charge >= 0.3 is 0 Å². The third-order valence-corrected chi connectivity index (χ3v) is 2.59. The van der Waals surface area contributed by atoms with Crippen molar-refractivity contribution < 1.29 is 4.74 Å². The molecule has 0 saturated heterocycles. The number of allylic oxidation sites excluding steroid dienone is 1. The number of hydrogen-bond donors (Lipinski definition) is 1. The van der Waals surface area contributed by atoms with Crippen molar-refractivity contribution in [2.24, 2.45) is 11.7 Å². The third-order valence-electron chi connectivity index (χ3n) is 2.59. The van der Waals surface area contributed by atoms with E-state index in [0.29, 0.717) is 12.5 Å². The molecular formula is C14H21NO. The van der Waals surface area contributed by atoms with Gasteiger partial charge in [0.05, 0.1) is 0 Å². The van der Waals surface area contributed by atoms with Crippen molar-refractivity contribution in [1.29, 1.82) is 0 Å². The molecular weight excluding hydrogens is 198 g/mol. The van der Waals surface area contributed by atoms with E-state index >= 15 is 0 Å². The highest BCUT2D eigenvalue weighted by Gasteiger charge is 2.14. The fraction of sp³-hybridized carbons (Fsp3) is 0.429. The lowest BCUT2D eigenvalue weighted by Gasteiger charge is -2.22. The lowest BCUT2D eigenvalue weighted by Crippen LogP contribution is -2.32. The smallest absolute Gasteiger partial charge is 0.123 e. The van der Waals surface area contributed by atoms with Gasteiger partial charge in [0, 0.05) is 6.54 Å². The summed E-state index contributed by atoms with van der Waals surface area (Å²) in [6.45, 7) is 8.53. The Morgan fingerprint density at radius 2 is 2.06 bits per heavy atom. The Bertz CT molecular complexity index is 333. The molecule has 2 heteroatoms. The van der Waals surface area contributed by atoms with E-state index in [1.165, 1.54) is 0 Å². The minimum atomic E-state index is 0.0750. The predicted octanol–water partition coefficient (Wildman–Crippen LogP) is 2.78. The van der Waals surface area contributed by atoms with E-state index in [2.05, 4.69) is 26.5 Å². The Balaban J connectivity index is 2.82. The highest BCUT2D eigenvalue weighted by molar-refractivity contribution is 5.34. The molecule has 0 aliphatic rings. The van der Waals surface area contributed by atoms with Crippen LogP contribution < -0.4 is 10.5 Å². The molecule has 0 saturated carbocycles. The number of ether oxygens (including phenoxy) is 1. The molecule has 0 fully saturated rings. The van der Waals surface area contributed by atoms with Crippen LogP contribution in [-0.4, -0.2) is 12.6 Å². The summed E-state index contributed by atoms with van der Waals surface area (Å²) in [5, 5.41) is 0. The third kappa shape index (κ3) is 3.38. The molecule has 0 aliphatic heterocycles. The van der Waals surface area contributed by atoms with Crippen LogP contribution in [0.5, 0.6) is 5.75 Å². The molecule has 16 heavy (non-hydrogen) atoms. The van der Waals surface area contributed by atoms with Crippen molar-refractivity contribution >= 4 is 0 Å². The summed E-state index contributed by atoms with van der Waals surface area (Å²) >= 11 is 0. The molecule has 0 aromatic heterocycles. The van der Waals surface area contributed by atoms with Gasteiger partial charge in [-0.05, 0) is 24.0 Å². The van der Waals surface area contributed by atoms with Crippen LogP contribution >= 0.6 is 0 Å². The van der Waals surface area contributed by atoms with E-state index in [0.717, 1.165) is 17.7 Å². The van der Waals surface area contributed by atoms with E-state index in [1.807, 2.05) is 24.3 Å². The second-order valence-corrected chi connectivity index (χ2v) is 4.24. The van der Waals surface area contributed by atoms with Gasteiger partial charge in [0.2, 0.25) is 0 Å². The predicted molar refractivity (Wildman–Crippen MR) is 68.7 cm³/mol. The number of rotatable bonds is 6. The summed E-state index contributed by atoms with van der Waals surface area (Å²) in [6.07, 6.45) is 2.78. The highest BCUT2D eigenvalue weighted by atomic mass is 16.5. The lowest BCUT2D eigenvalue weighted by molar-refractivity contribution is 0.158. The molecule has 1 atom stereocenters. The van der Waals surface area contributed by atoms with Gasteiger partial charge in [0.25, 0.3) is 0 Å². The first kappa shape index (κ1) is 12.8. The zero-order chi connectivity index (χ0) is 12.0. The maximum atomic E-state index is 5.94. The van der Waals surface area contributed by atoms with Crippen molar-refractivity contribution in [2.45, 2.75) is 26.4 Å². The number of benzene rings is 1. The second kappa shape index (κ2) is 6.33. The van der Waals surface area contributed by atoms with Crippen LogP contribution in [0.1, 0.15) is 19.4 Å². The maximum absolute atomic E-state index is 5.94. The Morgan fingerprint density at radius 3 is 2.62 bits per heavy atom. The molecule has 1 unspecified atom stereocenters. The first-order valence-corrected chi connectivity index (χ1v) is 5.74. The molecule has 88 valence electrons. The van der Waals surface area contributed by atoms with E-state index in [9.17, 15) is 0 Å². The molecule has 0 spiro atoms. The summed E-state index contributed by atoms with van der Waals surface area (Å²) in [5.74, 6) is 1.34. The van der Waals surface area contributed by atoms with Crippen LogP contribution in [-0.2, 0) is 6.42 Å². The van der Waals surface area contributed by atoms with E-state index in [4.69, 9.17) is 10.5 Å². The van der Waals surface area contributed by atoms with Gasteiger partial charge in [-0.15, -0.1) is 6.58 Å². The Hall–Kier alpha value is -1.28. The van der Waals surface area contributed by atoms with Crippen molar-refractivity contribution in [2.75, 3.05) is 6.54 Å². The van der Waals surface area contributed by atoms with Gasteiger partial charge < -0.3 is 10.5 Å². The summed E-state index contributed by atoms with van der Waals surface area (Å²) in [4.78, 5) is 0. The minimum absolute atomic E-state index is 0.0750. The summed E-state index contributed by atoms with van der Waals surface area (Å²) in [7, 11) is 0. The molecule has 0 aliphatic carbocycles. The van der Waals surface area contributed by atoms with Crippen molar-refractivity contribution in [3.05, 3.63) is 42.5 Å². The van der Waals surface area contributed by atoms with Crippen LogP contribution in [0.4, 0.5) is 0 Å². The van der Waals surface area contributed by atoms with E-state index in [-0.39, 0.29) is 6.10 Å². The molecule has 0 amide bonds. The van der Waals surface area contributed by atoms with Crippen molar-refractivity contribution in [3.8, 4) is 5.75 Å². The van der Waals surface area contributed by atoms with Crippen molar-refractivity contribution in [1.82, 2.24) is 0 Å². The zero-order valence-electron chi connectivity index (χ0n) is 10.1. The van der Waals surface area contributed by atoms with E-state index in [1.54, 1.807) is 0 Å². The summed E-state index contributed by atoms with van der Waals surface area (Å²) < 4.78 is 5.94. The van der Waals surface area contributed by atoms with Crippen molar-refractivity contribution in [3.63, 3.8) is 0 Å². The van der Waals surface area contributed by atoms with Gasteiger partial charge in [-0.3, -0.25) is 0 Å². The van der Waals surface area contributed by atoms with E-state index < -0.39 is 0 Å². The van der Waals surface area contributed by atoms with Crippen LogP contribution in [0.2, 0.25) is 0 Å². The topological polar surface area (TPSA) is 35.2 Å². The van der Waals surface area contributed by atoms with Crippen LogP contribution in [0, 0.1) is 5.92 Å². The molecule has 1 aromatic carbocycles. The molecule has 2 N–H and O–H groups in total. The van der Waals surface area contributed by atoms with Crippen LogP contribution in [0.3, 0.4) is 0 Å². The average molecular weight is 219 g/mol. The molecule has 1 aromatic rings. The normalized spacial score (nSPS) is 12.5. The number of para-hydroxylation sites is 1. The average Bonchev–Trinajstić information content (AvgIpc) is 2.27. The lowest BCUT2D eigenvalue weighted by atomic mass is 10.1.